The summed E-state index contributed by atoms with van der Waals surface area (Å²) >= 11 is 1.61. The number of likely N-dealkylation sites (N-methyl/N-ethyl adjacent to an activating group) is 1. The average molecular weight is 355 g/mol. The highest BCUT2D eigenvalue weighted by Gasteiger charge is 2.13. The van der Waals surface area contributed by atoms with Crippen molar-refractivity contribution in [2.45, 2.75) is 20.4 Å². The van der Waals surface area contributed by atoms with Crippen molar-refractivity contribution >= 4 is 22.9 Å². The summed E-state index contributed by atoms with van der Waals surface area (Å²) in [4.78, 5) is 15.3. The maximum atomic E-state index is 12.3. The number of benzene rings is 1. The van der Waals surface area contributed by atoms with E-state index in [2.05, 4.69) is 10.5 Å². The van der Waals surface area contributed by atoms with Crippen LogP contribution in [0.5, 0.6) is 0 Å². The molecule has 0 atom stereocenters. The topological polar surface area (TPSA) is 58.4 Å². The molecule has 0 radical (unpaired) electrons. The van der Waals surface area contributed by atoms with E-state index < -0.39 is 0 Å². The number of nitrogens with zero attached hydrogens (tertiary/aromatic N) is 2. The van der Waals surface area contributed by atoms with E-state index in [1.54, 1.807) is 11.3 Å². The molecule has 1 N–H and O–H groups in total. The first-order chi connectivity index (χ1) is 12.0. The van der Waals surface area contributed by atoms with Gasteiger partial charge in [0.05, 0.1) is 17.1 Å². The number of carbonyl (C=O) groups is 1. The molecule has 130 valence electrons. The number of aryl methyl sites for hydroxylation is 2. The fraction of sp³-hybridized carbons (Fsp3) is 0.263. The van der Waals surface area contributed by atoms with Gasteiger partial charge in [0.1, 0.15) is 0 Å². The van der Waals surface area contributed by atoms with Crippen LogP contribution in [0.1, 0.15) is 16.8 Å². The second kappa shape index (κ2) is 7.63. The molecule has 3 rings (SSSR count). The third kappa shape index (κ3) is 4.35. The normalized spacial score (nSPS) is 11.0. The molecule has 0 unspecified atom stereocenters. The zero-order valence-corrected chi connectivity index (χ0v) is 15.4. The molecular weight excluding hydrogens is 334 g/mol. The molecule has 6 heteroatoms. The van der Waals surface area contributed by atoms with Crippen molar-refractivity contribution in [1.82, 2.24) is 10.1 Å². The Hall–Kier alpha value is -2.44. The molecule has 0 fully saturated rings. The van der Waals surface area contributed by atoms with Crippen LogP contribution in [0.4, 0.5) is 5.69 Å². The van der Waals surface area contributed by atoms with Gasteiger partial charge in [-0.2, -0.15) is 0 Å². The number of aromatic nitrogens is 1. The summed E-state index contributed by atoms with van der Waals surface area (Å²) in [6.07, 6.45) is 0. The number of thiophene rings is 1. The maximum absolute atomic E-state index is 12.3. The van der Waals surface area contributed by atoms with Crippen molar-refractivity contribution in [3.63, 3.8) is 0 Å². The summed E-state index contributed by atoms with van der Waals surface area (Å²) in [5, 5.41) is 9.09. The summed E-state index contributed by atoms with van der Waals surface area (Å²) in [5.41, 5.74) is 3.83. The SMILES string of the molecule is Cc1cccc(C)c1NC(=O)CN(C)Cc1cc(-c2cccs2)on1. The van der Waals surface area contributed by atoms with Crippen molar-refractivity contribution in [3.8, 4) is 10.6 Å². The Morgan fingerprint density at radius 1 is 1.24 bits per heavy atom. The van der Waals surface area contributed by atoms with E-state index in [0.717, 1.165) is 33.1 Å². The fourth-order valence-corrected chi connectivity index (χ4v) is 3.36. The van der Waals surface area contributed by atoms with Crippen molar-refractivity contribution in [1.29, 1.82) is 0 Å². The standard InChI is InChI=1S/C19H21N3O2S/c1-13-6-4-7-14(2)19(13)20-18(23)12-22(3)11-15-10-16(24-21-15)17-8-5-9-25-17/h4-10H,11-12H2,1-3H3,(H,20,23). The third-order valence-corrected chi connectivity index (χ3v) is 4.80. The molecule has 0 bridgehead atoms. The van der Waals surface area contributed by atoms with Gasteiger partial charge in [-0.1, -0.05) is 29.4 Å². The summed E-state index contributed by atoms with van der Waals surface area (Å²) in [7, 11) is 1.89. The lowest BCUT2D eigenvalue weighted by molar-refractivity contribution is -0.117. The zero-order chi connectivity index (χ0) is 17.8. The fourth-order valence-electron chi connectivity index (χ4n) is 2.69. The van der Waals surface area contributed by atoms with E-state index in [0.29, 0.717) is 6.54 Å². The third-order valence-electron chi connectivity index (χ3n) is 3.91. The van der Waals surface area contributed by atoms with Gasteiger partial charge in [-0.15, -0.1) is 11.3 Å². The van der Waals surface area contributed by atoms with E-state index in [-0.39, 0.29) is 12.5 Å². The highest BCUT2D eigenvalue weighted by atomic mass is 32.1. The van der Waals surface area contributed by atoms with E-state index in [1.807, 2.05) is 67.6 Å². The number of amides is 1. The molecule has 2 heterocycles. The molecule has 1 amide bonds. The summed E-state index contributed by atoms with van der Waals surface area (Å²) < 4.78 is 5.38. The predicted octanol–water partition coefficient (Wildman–Crippen LogP) is 4.09. The number of carbonyl (C=O) groups excluding carboxylic acids is 1. The Balaban J connectivity index is 1.57. The van der Waals surface area contributed by atoms with Gasteiger partial charge < -0.3 is 9.84 Å². The molecule has 25 heavy (non-hydrogen) atoms. The second-order valence-corrected chi connectivity index (χ2v) is 7.09. The number of hydrogen-bond donors (Lipinski definition) is 1. The summed E-state index contributed by atoms with van der Waals surface area (Å²) in [6.45, 7) is 4.83. The minimum atomic E-state index is -0.0399. The largest absolute Gasteiger partial charge is 0.355 e. The van der Waals surface area contributed by atoms with Gasteiger partial charge in [0.15, 0.2) is 5.76 Å². The second-order valence-electron chi connectivity index (χ2n) is 6.15. The Morgan fingerprint density at radius 2 is 2.00 bits per heavy atom. The Labute approximate surface area is 151 Å². The molecule has 0 saturated carbocycles. The van der Waals surface area contributed by atoms with Gasteiger partial charge in [0, 0.05) is 18.3 Å². The number of hydrogen-bond acceptors (Lipinski definition) is 5. The van der Waals surface area contributed by atoms with Crippen LogP contribution in [0.2, 0.25) is 0 Å². The first-order valence-corrected chi connectivity index (χ1v) is 8.95. The van der Waals surface area contributed by atoms with Gasteiger partial charge in [0.2, 0.25) is 5.91 Å². The number of anilines is 1. The Kier molecular flexibility index (Phi) is 5.31. The first kappa shape index (κ1) is 17.4. The van der Waals surface area contributed by atoms with Gasteiger partial charge in [-0.25, -0.2) is 0 Å². The van der Waals surface area contributed by atoms with Crippen molar-refractivity contribution < 1.29 is 9.32 Å². The van der Waals surface area contributed by atoms with E-state index >= 15 is 0 Å². The molecule has 0 spiro atoms. The molecule has 0 saturated heterocycles. The van der Waals surface area contributed by atoms with Crippen molar-refractivity contribution in [3.05, 3.63) is 58.6 Å². The first-order valence-electron chi connectivity index (χ1n) is 8.07. The van der Waals surface area contributed by atoms with Gasteiger partial charge in [-0.3, -0.25) is 9.69 Å². The van der Waals surface area contributed by atoms with Crippen LogP contribution in [0.25, 0.3) is 10.6 Å². The van der Waals surface area contributed by atoms with Crippen LogP contribution in [-0.2, 0) is 11.3 Å². The lowest BCUT2D eigenvalue weighted by Crippen LogP contribution is -2.30. The average Bonchev–Trinajstić information content (AvgIpc) is 3.22. The highest BCUT2D eigenvalue weighted by molar-refractivity contribution is 7.13. The molecule has 1 aromatic carbocycles. The van der Waals surface area contributed by atoms with E-state index in [1.165, 1.54) is 0 Å². The smallest absolute Gasteiger partial charge is 0.238 e. The molecule has 2 aromatic heterocycles. The van der Waals surface area contributed by atoms with Gasteiger partial charge in [-0.05, 0) is 43.5 Å². The summed E-state index contributed by atoms with van der Waals surface area (Å²) in [5.74, 6) is 0.722. The van der Waals surface area contributed by atoms with Gasteiger partial charge in [0.25, 0.3) is 0 Å². The number of rotatable bonds is 6. The van der Waals surface area contributed by atoms with Crippen LogP contribution in [0.15, 0.2) is 46.3 Å². The van der Waals surface area contributed by atoms with Crippen LogP contribution in [-0.4, -0.2) is 29.6 Å². The number of para-hydroxylation sites is 1. The van der Waals surface area contributed by atoms with Crippen LogP contribution in [0, 0.1) is 13.8 Å². The Bertz CT molecular complexity index is 835. The number of nitrogens with one attached hydrogen (secondary N) is 1. The molecule has 5 nitrogen and oxygen atoms in total. The lowest BCUT2D eigenvalue weighted by Gasteiger charge is -2.16. The maximum Gasteiger partial charge on any atom is 0.238 e. The zero-order valence-electron chi connectivity index (χ0n) is 14.6. The van der Waals surface area contributed by atoms with Crippen LogP contribution < -0.4 is 5.32 Å². The monoisotopic (exact) mass is 355 g/mol. The highest BCUT2D eigenvalue weighted by Crippen LogP contribution is 2.25. The molecule has 0 aliphatic rings. The van der Waals surface area contributed by atoms with Crippen molar-refractivity contribution in [2.24, 2.45) is 0 Å². The Morgan fingerprint density at radius 3 is 2.68 bits per heavy atom. The predicted molar refractivity (Wildman–Crippen MR) is 101 cm³/mol. The van der Waals surface area contributed by atoms with E-state index in [4.69, 9.17) is 4.52 Å². The molecule has 0 aliphatic carbocycles. The van der Waals surface area contributed by atoms with Crippen LogP contribution in [0.3, 0.4) is 0 Å². The minimum absolute atomic E-state index is 0.0399. The lowest BCUT2D eigenvalue weighted by atomic mass is 10.1. The van der Waals surface area contributed by atoms with E-state index in [9.17, 15) is 4.79 Å². The van der Waals surface area contributed by atoms with Crippen molar-refractivity contribution in [2.75, 3.05) is 18.9 Å². The quantitative estimate of drug-likeness (QED) is 0.723. The van der Waals surface area contributed by atoms with Crippen LogP contribution >= 0.6 is 11.3 Å². The molecular formula is C19H21N3O2S. The minimum Gasteiger partial charge on any atom is -0.355 e. The summed E-state index contributed by atoms with van der Waals surface area (Å²) in [6, 6.07) is 11.9. The molecule has 3 aromatic rings. The van der Waals surface area contributed by atoms with Gasteiger partial charge >= 0.3 is 0 Å². The molecule has 0 aliphatic heterocycles.